The van der Waals surface area contributed by atoms with Crippen molar-refractivity contribution in [3.63, 3.8) is 0 Å². The van der Waals surface area contributed by atoms with E-state index in [2.05, 4.69) is 5.73 Å². The van der Waals surface area contributed by atoms with Crippen molar-refractivity contribution in [1.29, 1.82) is 0 Å². The van der Waals surface area contributed by atoms with Crippen LogP contribution in [0, 0.1) is 0 Å². The average molecular weight is 187 g/mol. The van der Waals surface area contributed by atoms with Crippen molar-refractivity contribution in [2.24, 2.45) is 5.73 Å². The topological polar surface area (TPSA) is 63.3 Å². The van der Waals surface area contributed by atoms with E-state index in [1.54, 1.807) is 0 Å². The van der Waals surface area contributed by atoms with Crippen LogP contribution in [0.15, 0.2) is 0 Å². The summed E-state index contributed by atoms with van der Waals surface area (Å²) in [6, 6.07) is 0. The fourth-order valence-corrected chi connectivity index (χ4v) is 0. The van der Waals surface area contributed by atoms with Gasteiger partial charge < -0.3 is 10.8 Å². The molecule has 6 heavy (non-hydrogen) atoms. The van der Waals surface area contributed by atoms with E-state index in [1.807, 2.05) is 0 Å². The van der Waals surface area contributed by atoms with Crippen molar-refractivity contribution < 1.29 is 37.2 Å². The zero-order chi connectivity index (χ0) is 4.28. The summed E-state index contributed by atoms with van der Waals surface area (Å²) in [6.45, 7) is -0.278. The van der Waals surface area contributed by atoms with E-state index in [9.17, 15) is 4.79 Å². The number of hydrogen-bond donors (Lipinski definition) is 2. The van der Waals surface area contributed by atoms with Gasteiger partial charge in [-0.05, 0) is 0 Å². The Labute approximate surface area is 55.7 Å². The van der Waals surface area contributed by atoms with E-state index in [0.29, 0.717) is 0 Å². The normalized spacial score (nSPS) is 6.17. The predicted octanol–water partition coefficient (Wildman–Crippen LogP) is -0.973. The number of carboxylic acid groups (broad SMARTS) is 1. The average Bonchev–Trinajstić information content (AvgIpc) is 1.38. The van der Waals surface area contributed by atoms with Gasteiger partial charge in [0.1, 0.15) is 0 Å². The van der Waals surface area contributed by atoms with Crippen molar-refractivity contribution in [1.82, 2.24) is 0 Å². The smallest absolute Gasteiger partial charge is 0.317 e. The van der Waals surface area contributed by atoms with Gasteiger partial charge in [0.05, 0.1) is 6.54 Å². The molecule has 32 valence electrons. The van der Waals surface area contributed by atoms with Crippen LogP contribution in [-0.4, -0.2) is 17.6 Å². The van der Waals surface area contributed by atoms with Gasteiger partial charge in [0.2, 0.25) is 0 Å². The van der Waals surface area contributed by atoms with Gasteiger partial charge in [-0.2, -0.15) is 0 Å². The summed E-state index contributed by atoms with van der Waals surface area (Å²) in [5.41, 5.74) is 4.57. The summed E-state index contributed by atoms with van der Waals surface area (Å²) in [5, 5.41) is 7.60. The van der Waals surface area contributed by atoms with Crippen LogP contribution in [0.2, 0.25) is 0 Å². The van der Waals surface area contributed by atoms with E-state index in [-0.39, 0.29) is 33.8 Å². The van der Waals surface area contributed by atoms with Crippen LogP contribution in [0.3, 0.4) is 0 Å². The summed E-state index contributed by atoms with van der Waals surface area (Å²) >= 11 is 0. The molecule has 0 fully saturated rings. The molecule has 0 rings (SSSR count). The van der Waals surface area contributed by atoms with Gasteiger partial charge >= 0.3 is 5.97 Å². The van der Waals surface area contributed by atoms with Crippen molar-refractivity contribution >= 4 is 5.97 Å². The minimum absolute atomic E-state index is 0. The van der Waals surface area contributed by atoms with Gasteiger partial charge in [-0.15, -0.1) is 0 Å². The minimum atomic E-state index is -0.968. The van der Waals surface area contributed by atoms with Crippen molar-refractivity contribution in [3.05, 3.63) is 0 Å². The molecule has 0 amide bonds. The molecule has 0 aliphatic heterocycles. The molecule has 3 N–H and O–H groups in total. The number of rotatable bonds is 1. The minimum Gasteiger partial charge on any atom is -0.480 e. The third-order valence-electron chi connectivity index (χ3n) is 0.175. The van der Waals surface area contributed by atoms with Gasteiger partial charge in [0.15, 0.2) is 0 Å². The predicted molar refractivity (Wildman–Crippen MR) is 16.7 cm³/mol. The van der Waals surface area contributed by atoms with Gasteiger partial charge in [-0.1, -0.05) is 0 Å². The maximum Gasteiger partial charge on any atom is 0.317 e. The largest absolute Gasteiger partial charge is 0.480 e. The Morgan fingerprint density at radius 1 is 1.83 bits per heavy atom. The summed E-state index contributed by atoms with van der Waals surface area (Å²) in [4.78, 5) is 9.24. The second kappa shape index (κ2) is 5.35. The van der Waals surface area contributed by atoms with Crippen LogP contribution in [0.5, 0.6) is 0 Å². The third-order valence-corrected chi connectivity index (χ3v) is 0.175. The van der Waals surface area contributed by atoms with Crippen LogP contribution in [0.25, 0.3) is 0 Å². The molecule has 0 unspecified atom stereocenters. The SMILES string of the molecule is NCC(=O)O.[Cd]. The summed E-state index contributed by atoms with van der Waals surface area (Å²) in [5.74, 6) is -0.968. The van der Waals surface area contributed by atoms with E-state index in [4.69, 9.17) is 5.11 Å². The molecule has 0 bridgehead atoms. The van der Waals surface area contributed by atoms with Gasteiger partial charge in [-0.3, -0.25) is 4.79 Å². The molecule has 0 heterocycles. The molecular formula is C2H5CdNO2. The van der Waals surface area contributed by atoms with Gasteiger partial charge in [0.25, 0.3) is 0 Å². The Morgan fingerprint density at radius 3 is 2.00 bits per heavy atom. The second-order valence-corrected chi connectivity index (χ2v) is 0.598. The van der Waals surface area contributed by atoms with Crippen LogP contribution in [-0.2, 0) is 32.1 Å². The first-order valence-electron chi connectivity index (χ1n) is 1.19. The quantitative estimate of drug-likeness (QED) is 0.519. The molecule has 0 aromatic heterocycles. The number of nitrogens with two attached hydrogens (primary N) is 1. The molecule has 0 saturated heterocycles. The summed E-state index contributed by atoms with van der Waals surface area (Å²) in [7, 11) is 0. The Morgan fingerprint density at radius 2 is 2.00 bits per heavy atom. The van der Waals surface area contributed by atoms with Crippen molar-refractivity contribution in [2.75, 3.05) is 6.54 Å². The fourth-order valence-electron chi connectivity index (χ4n) is 0. The van der Waals surface area contributed by atoms with Crippen LogP contribution >= 0.6 is 0 Å². The molecule has 0 atom stereocenters. The molecule has 0 aliphatic rings. The molecule has 0 saturated carbocycles. The number of carbonyl (C=O) groups is 1. The molecule has 0 aromatic rings. The summed E-state index contributed by atoms with van der Waals surface area (Å²) < 4.78 is 0. The van der Waals surface area contributed by atoms with Crippen molar-refractivity contribution in [2.45, 2.75) is 0 Å². The van der Waals surface area contributed by atoms with Crippen LogP contribution < -0.4 is 5.73 Å². The van der Waals surface area contributed by atoms with Crippen molar-refractivity contribution in [3.8, 4) is 0 Å². The van der Waals surface area contributed by atoms with Gasteiger partial charge in [-0.25, -0.2) is 0 Å². The third kappa shape index (κ3) is 8.84. The van der Waals surface area contributed by atoms with E-state index in [1.165, 1.54) is 0 Å². The maximum absolute atomic E-state index is 9.24. The van der Waals surface area contributed by atoms with E-state index >= 15 is 0 Å². The first kappa shape index (κ1) is 9.61. The van der Waals surface area contributed by atoms with E-state index in [0.717, 1.165) is 0 Å². The molecule has 0 spiro atoms. The Bertz CT molecular complexity index is 46.8. The molecule has 0 aromatic carbocycles. The maximum atomic E-state index is 9.24. The van der Waals surface area contributed by atoms with Crippen LogP contribution in [0.4, 0.5) is 0 Å². The molecule has 4 heteroatoms. The zero-order valence-electron chi connectivity index (χ0n) is 3.35. The second-order valence-electron chi connectivity index (χ2n) is 0.598. The number of carboxylic acids is 1. The molecule has 0 radical (unpaired) electrons. The molecule has 3 nitrogen and oxygen atoms in total. The molecule has 0 aliphatic carbocycles. The Balaban J connectivity index is 0. The molecular weight excluding hydrogens is 182 g/mol. The number of hydrogen-bond acceptors (Lipinski definition) is 2. The Kier molecular flexibility index (Phi) is 8.57. The van der Waals surface area contributed by atoms with Crippen LogP contribution in [0.1, 0.15) is 0 Å². The first-order chi connectivity index (χ1) is 2.27. The first-order valence-corrected chi connectivity index (χ1v) is 1.19. The summed E-state index contributed by atoms with van der Waals surface area (Å²) in [6.07, 6.45) is 0. The standard InChI is InChI=1S/C2H5NO2.Cd/c3-1-2(4)5;/h1,3H2,(H,4,5);. The monoisotopic (exact) mass is 189 g/mol. The van der Waals surface area contributed by atoms with E-state index < -0.39 is 5.97 Å². The zero-order valence-corrected chi connectivity index (χ0v) is 7.38. The van der Waals surface area contributed by atoms with Gasteiger partial charge in [0, 0.05) is 27.3 Å². The Hall–Kier alpha value is 0.352. The number of aliphatic carboxylic acids is 1. The fraction of sp³-hybridized carbons (Fsp3) is 0.500.